The summed E-state index contributed by atoms with van der Waals surface area (Å²) in [5.41, 5.74) is 0.830. The zero-order chi connectivity index (χ0) is 17.0. The Hall–Kier alpha value is -2.11. The second-order valence-electron chi connectivity index (χ2n) is 7.04. The first kappa shape index (κ1) is 16.7. The predicted octanol–water partition coefficient (Wildman–Crippen LogP) is 1.57. The lowest BCUT2D eigenvalue weighted by atomic mass is 10.1. The Labute approximate surface area is 143 Å². The maximum atomic E-state index is 12.6. The lowest BCUT2D eigenvalue weighted by Gasteiger charge is -2.25. The normalized spacial score (nSPS) is 21.2. The molecular weight excluding hydrogens is 304 g/mol. The van der Waals surface area contributed by atoms with E-state index in [0.717, 1.165) is 43.6 Å². The molecular formula is C18H26N4O2. The van der Waals surface area contributed by atoms with Crippen LogP contribution in [0.4, 0.5) is 5.82 Å². The number of hydrogen-bond acceptors (Lipinski definition) is 4. The Morgan fingerprint density at radius 2 is 2.00 bits per heavy atom. The van der Waals surface area contributed by atoms with Crippen LogP contribution in [0, 0.1) is 5.41 Å². The van der Waals surface area contributed by atoms with Gasteiger partial charge in [0.15, 0.2) is 0 Å². The summed E-state index contributed by atoms with van der Waals surface area (Å²) in [6.45, 7) is 3.94. The maximum Gasteiger partial charge on any atom is 0.239 e. The number of nitrogens with zero attached hydrogens (tertiary/aromatic N) is 2. The average molecular weight is 330 g/mol. The monoisotopic (exact) mass is 330 g/mol. The molecule has 2 heterocycles. The van der Waals surface area contributed by atoms with Crippen molar-refractivity contribution in [3.8, 4) is 0 Å². The van der Waals surface area contributed by atoms with Gasteiger partial charge < -0.3 is 15.5 Å². The predicted molar refractivity (Wildman–Crippen MR) is 92.6 cm³/mol. The van der Waals surface area contributed by atoms with E-state index in [-0.39, 0.29) is 23.8 Å². The van der Waals surface area contributed by atoms with Gasteiger partial charge in [-0.3, -0.25) is 9.59 Å². The van der Waals surface area contributed by atoms with E-state index >= 15 is 0 Å². The summed E-state index contributed by atoms with van der Waals surface area (Å²) in [6.07, 6.45) is 4.60. The second-order valence-corrected chi connectivity index (χ2v) is 7.04. The van der Waals surface area contributed by atoms with E-state index in [1.165, 1.54) is 0 Å². The van der Waals surface area contributed by atoms with Crippen molar-refractivity contribution in [2.24, 2.45) is 5.41 Å². The number of rotatable bonds is 1. The Morgan fingerprint density at radius 1 is 1.21 bits per heavy atom. The van der Waals surface area contributed by atoms with E-state index < -0.39 is 0 Å². The number of fused-ring (bicyclic) bond motifs is 2. The average Bonchev–Trinajstić information content (AvgIpc) is 3.32. The molecule has 2 aliphatic rings. The highest BCUT2D eigenvalue weighted by Gasteiger charge is 2.47. The van der Waals surface area contributed by atoms with E-state index in [1.807, 2.05) is 25.1 Å². The van der Waals surface area contributed by atoms with Crippen molar-refractivity contribution in [1.29, 1.82) is 0 Å². The van der Waals surface area contributed by atoms with Gasteiger partial charge in [-0.15, -0.1) is 0 Å². The van der Waals surface area contributed by atoms with E-state index in [2.05, 4.69) is 15.6 Å². The summed E-state index contributed by atoms with van der Waals surface area (Å²) < 4.78 is 0. The smallest absolute Gasteiger partial charge is 0.239 e. The maximum absolute atomic E-state index is 12.6. The summed E-state index contributed by atoms with van der Waals surface area (Å²) in [7, 11) is 0. The number of anilines is 1. The van der Waals surface area contributed by atoms with Crippen molar-refractivity contribution in [3.63, 3.8) is 0 Å². The summed E-state index contributed by atoms with van der Waals surface area (Å²) >= 11 is 0. The Bertz CT molecular complexity index is 613. The molecule has 2 bridgehead atoms. The van der Waals surface area contributed by atoms with Crippen molar-refractivity contribution >= 4 is 17.6 Å². The molecule has 0 aromatic carbocycles. The summed E-state index contributed by atoms with van der Waals surface area (Å²) in [4.78, 5) is 31.1. The molecule has 0 spiro atoms. The molecule has 1 aromatic rings. The van der Waals surface area contributed by atoms with E-state index in [1.54, 1.807) is 4.90 Å². The highest BCUT2D eigenvalue weighted by Crippen LogP contribution is 2.46. The molecule has 0 atom stereocenters. The molecule has 6 nitrogen and oxygen atoms in total. The number of amides is 2. The van der Waals surface area contributed by atoms with Crippen LogP contribution in [0.3, 0.4) is 0 Å². The molecule has 1 aromatic heterocycles. The van der Waals surface area contributed by atoms with Gasteiger partial charge >= 0.3 is 0 Å². The van der Waals surface area contributed by atoms with Gasteiger partial charge in [-0.2, -0.15) is 0 Å². The van der Waals surface area contributed by atoms with Gasteiger partial charge in [0.05, 0.1) is 6.54 Å². The minimum Gasteiger partial charge on any atom is -0.368 e. The molecule has 24 heavy (non-hydrogen) atoms. The van der Waals surface area contributed by atoms with Crippen molar-refractivity contribution in [2.75, 3.05) is 31.5 Å². The Balaban J connectivity index is 1.66. The van der Waals surface area contributed by atoms with Gasteiger partial charge in [0.25, 0.3) is 0 Å². The number of hydrogen-bond donors (Lipinski definition) is 2. The van der Waals surface area contributed by atoms with Gasteiger partial charge in [0.2, 0.25) is 11.8 Å². The highest BCUT2D eigenvalue weighted by molar-refractivity contribution is 5.89. The molecule has 3 rings (SSSR count). The van der Waals surface area contributed by atoms with Crippen molar-refractivity contribution < 1.29 is 9.59 Å². The molecule has 2 N–H and O–H groups in total. The molecule has 1 saturated carbocycles. The second kappa shape index (κ2) is 7.20. The fourth-order valence-corrected chi connectivity index (χ4v) is 2.98. The molecule has 1 fully saturated rings. The molecule has 0 unspecified atom stereocenters. The first-order valence-electron chi connectivity index (χ1n) is 8.83. The standard InChI is InChI=1S/C18H26N4O2/c1-18(8-9-18)17(24)22-12-3-2-5-14-6-4-7-15(21-14)19-10-11-20-16(23)13-22/h4,6-7H,2-3,5,8-13H2,1H3,(H,19,21)(H,20,23). The van der Waals surface area contributed by atoms with Crippen LogP contribution < -0.4 is 10.6 Å². The molecule has 6 heteroatoms. The van der Waals surface area contributed by atoms with E-state index in [9.17, 15) is 9.59 Å². The first-order valence-corrected chi connectivity index (χ1v) is 8.83. The quantitative estimate of drug-likeness (QED) is 0.820. The van der Waals surface area contributed by atoms with Crippen molar-refractivity contribution in [3.05, 3.63) is 23.9 Å². The van der Waals surface area contributed by atoms with Crippen LogP contribution in [-0.2, 0) is 16.0 Å². The molecule has 0 saturated heterocycles. The Kier molecular flexibility index (Phi) is 5.02. The summed E-state index contributed by atoms with van der Waals surface area (Å²) in [6, 6.07) is 5.97. The fourth-order valence-electron chi connectivity index (χ4n) is 2.98. The number of aromatic nitrogens is 1. The zero-order valence-corrected chi connectivity index (χ0v) is 14.3. The van der Waals surface area contributed by atoms with Crippen LogP contribution in [0.1, 0.15) is 38.3 Å². The largest absolute Gasteiger partial charge is 0.368 e. The van der Waals surface area contributed by atoms with Gasteiger partial charge in [0.1, 0.15) is 5.82 Å². The number of nitrogens with one attached hydrogen (secondary N) is 2. The number of carbonyl (C=O) groups is 2. The van der Waals surface area contributed by atoms with Crippen LogP contribution in [0.5, 0.6) is 0 Å². The molecule has 1 aliphatic carbocycles. The van der Waals surface area contributed by atoms with E-state index in [0.29, 0.717) is 19.6 Å². The highest BCUT2D eigenvalue weighted by atomic mass is 16.2. The summed E-state index contributed by atoms with van der Waals surface area (Å²) in [5, 5.41) is 6.10. The van der Waals surface area contributed by atoms with Gasteiger partial charge in [0, 0.05) is 30.7 Å². The first-order chi connectivity index (χ1) is 11.6. The van der Waals surface area contributed by atoms with Gasteiger partial charge in [-0.1, -0.05) is 13.0 Å². The van der Waals surface area contributed by atoms with Crippen LogP contribution in [0.2, 0.25) is 0 Å². The van der Waals surface area contributed by atoms with E-state index in [4.69, 9.17) is 0 Å². The SMILES string of the molecule is CC1(C(=O)N2CCCCc3cccc(n3)NCCNC(=O)C2)CC1. The third kappa shape index (κ3) is 4.24. The molecule has 2 amide bonds. The lowest BCUT2D eigenvalue weighted by Crippen LogP contribution is -2.44. The van der Waals surface area contributed by atoms with Crippen LogP contribution in [0.15, 0.2) is 18.2 Å². The molecule has 130 valence electrons. The lowest BCUT2D eigenvalue weighted by molar-refractivity contribution is -0.140. The third-order valence-corrected chi connectivity index (χ3v) is 4.81. The number of pyridine rings is 1. The summed E-state index contributed by atoms with van der Waals surface area (Å²) in [5.74, 6) is 0.883. The van der Waals surface area contributed by atoms with Crippen molar-refractivity contribution in [1.82, 2.24) is 15.2 Å². The minimum absolute atomic E-state index is 0.0897. The van der Waals surface area contributed by atoms with Gasteiger partial charge in [-0.05, 0) is 44.2 Å². The van der Waals surface area contributed by atoms with Gasteiger partial charge in [-0.25, -0.2) is 4.98 Å². The topological polar surface area (TPSA) is 74.3 Å². The third-order valence-electron chi connectivity index (χ3n) is 4.81. The number of carbonyl (C=O) groups excluding carboxylic acids is 2. The fraction of sp³-hybridized carbons (Fsp3) is 0.611. The van der Waals surface area contributed by atoms with Crippen molar-refractivity contribution in [2.45, 2.75) is 39.0 Å². The Morgan fingerprint density at radius 3 is 2.79 bits per heavy atom. The van der Waals surface area contributed by atoms with Crippen LogP contribution >= 0.6 is 0 Å². The minimum atomic E-state index is -0.233. The molecule has 1 aliphatic heterocycles. The number of aryl methyl sites for hydroxylation is 1. The van der Waals surface area contributed by atoms with Crippen LogP contribution in [0.25, 0.3) is 0 Å². The zero-order valence-electron chi connectivity index (χ0n) is 14.3. The van der Waals surface area contributed by atoms with Crippen LogP contribution in [-0.4, -0.2) is 47.9 Å². The molecule has 0 radical (unpaired) electrons.